The van der Waals surface area contributed by atoms with E-state index in [-0.39, 0.29) is 5.56 Å². The molecule has 60 valence electrons. The van der Waals surface area contributed by atoms with Crippen molar-refractivity contribution < 1.29 is 13.2 Å². The molecule has 1 aromatic carbocycles. The lowest BCUT2D eigenvalue weighted by atomic mass is 10.2. The Morgan fingerprint density at radius 2 is 1.73 bits per heavy atom. The van der Waals surface area contributed by atoms with Crippen molar-refractivity contribution in [3.8, 4) is 0 Å². The molecule has 2 N–H and O–H groups in total. The molecule has 1 rings (SSSR count). The number of aryl methyl sites for hydroxylation is 1. The lowest BCUT2D eigenvalue weighted by molar-refractivity contribution is 0.498. The van der Waals surface area contributed by atoms with Crippen LogP contribution in [-0.4, -0.2) is 0 Å². The van der Waals surface area contributed by atoms with Gasteiger partial charge in [-0.05, 0) is 18.6 Å². The van der Waals surface area contributed by atoms with Crippen LogP contribution in [0.3, 0.4) is 0 Å². The fourth-order valence-electron chi connectivity index (χ4n) is 0.754. The molecule has 4 heteroatoms. The minimum atomic E-state index is -1.33. The Morgan fingerprint density at radius 3 is 2.27 bits per heavy atom. The number of anilines is 1. The van der Waals surface area contributed by atoms with E-state index in [4.69, 9.17) is 5.73 Å². The SMILES string of the molecule is Cc1cc(F)c(F)c(N)c1F. The molecule has 0 aliphatic rings. The second-order valence-electron chi connectivity index (χ2n) is 2.22. The summed E-state index contributed by atoms with van der Waals surface area (Å²) in [4.78, 5) is 0. The molecule has 0 amide bonds. The van der Waals surface area contributed by atoms with E-state index in [1.807, 2.05) is 0 Å². The number of rotatable bonds is 0. The fourth-order valence-corrected chi connectivity index (χ4v) is 0.754. The normalized spacial score (nSPS) is 10.2. The Labute approximate surface area is 61.6 Å². The molecule has 0 bridgehead atoms. The van der Waals surface area contributed by atoms with Gasteiger partial charge in [-0.25, -0.2) is 13.2 Å². The highest BCUT2D eigenvalue weighted by atomic mass is 19.2. The van der Waals surface area contributed by atoms with Gasteiger partial charge in [0.05, 0.1) is 0 Å². The van der Waals surface area contributed by atoms with Crippen molar-refractivity contribution in [1.82, 2.24) is 0 Å². The lowest BCUT2D eigenvalue weighted by Crippen LogP contribution is -2.00. The molecule has 0 unspecified atom stereocenters. The van der Waals surface area contributed by atoms with Crippen LogP contribution in [0.4, 0.5) is 18.9 Å². The Morgan fingerprint density at radius 1 is 1.18 bits per heavy atom. The summed E-state index contributed by atoms with van der Waals surface area (Å²) in [6, 6.07) is 0.765. The van der Waals surface area contributed by atoms with Crippen LogP contribution in [-0.2, 0) is 0 Å². The maximum absolute atomic E-state index is 12.6. The van der Waals surface area contributed by atoms with E-state index in [2.05, 4.69) is 0 Å². The van der Waals surface area contributed by atoms with E-state index in [0.29, 0.717) is 0 Å². The summed E-state index contributed by atoms with van der Waals surface area (Å²) in [7, 11) is 0. The largest absolute Gasteiger partial charge is 0.394 e. The van der Waals surface area contributed by atoms with Gasteiger partial charge in [0.1, 0.15) is 5.69 Å². The Bertz CT molecular complexity index is 270. The van der Waals surface area contributed by atoms with Crippen molar-refractivity contribution in [3.63, 3.8) is 0 Å². The molecule has 0 atom stereocenters. The first kappa shape index (κ1) is 7.91. The minimum Gasteiger partial charge on any atom is -0.394 e. The number of nitrogen functional groups attached to an aromatic ring is 1. The summed E-state index contributed by atoms with van der Waals surface area (Å²) in [5, 5.41) is 0. The summed E-state index contributed by atoms with van der Waals surface area (Å²) in [5.41, 5.74) is 4.13. The first-order valence-electron chi connectivity index (χ1n) is 2.93. The molecular weight excluding hydrogens is 155 g/mol. The molecule has 0 aliphatic carbocycles. The third-order valence-corrected chi connectivity index (χ3v) is 1.37. The lowest BCUT2D eigenvalue weighted by Gasteiger charge is -2.01. The van der Waals surface area contributed by atoms with Gasteiger partial charge in [-0.1, -0.05) is 0 Å². The van der Waals surface area contributed by atoms with E-state index in [0.717, 1.165) is 6.07 Å². The highest BCUT2D eigenvalue weighted by Gasteiger charge is 2.12. The van der Waals surface area contributed by atoms with Crippen molar-refractivity contribution in [2.24, 2.45) is 0 Å². The van der Waals surface area contributed by atoms with Crippen molar-refractivity contribution >= 4 is 5.69 Å². The van der Waals surface area contributed by atoms with Gasteiger partial charge in [-0.2, -0.15) is 0 Å². The van der Waals surface area contributed by atoms with Crippen molar-refractivity contribution in [3.05, 3.63) is 29.1 Å². The zero-order valence-electron chi connectivity index (χ0n) is 5.79. The van der Waals surface area contributed by atoms with Gasteiger partial charge in [0.15, 0.2) is 17.5 Å². The van der Waals surface area contributed by atoms with Crippen LogP contribution in [0, 0.1) is 24.4 Å². The Hall–Kier alpha value is -1.19. The highest BCUT2D eigenvalue weighted by Crippen LogP contribution is 2.20. The molecule has 0 saturated heterocycles. The van der Waals surface area contributed by atoms with Gasteiger partial charge in [0, 0.05) is 0 Å². The summed E-state index contributed by atoms with van der Waals surface area (Å²) < 4.78 is 37.5. The van der Waals surface area contributed by atoms with Crippen LogP contribution in [0.2, 0.25) is 0 Å². The Kier molecular flexibility index (Phi) is 1.76. The van der Waals surface area contributed by atoms with Crippen molar-refractivity contribution in [2.75, 3.05) is 5.73 Å². The molecule has 0 spiro atoms. The van der Waals surface area contributed by atoms with Gasteiger partial charge in [0.2, 0.25) is 0 Å². The van der Waals surface area contributed by atoms with Gasteiger partial charge in [-0.3, -0.25) is 0 Å². The van der Waals surface area contributed by atoms with E-state index in [1.54, 1.807) is 0 Å². The summed E-state index contributed by atoms with van der Waals surface area (Å²) in [6.45, 7) is 1.31. The zero-order chi connectivity index (χ0) is 8.59. The van der Waals surface area contributed by atoms with Crippen molar-refractivity contribution in [2.45, 2.75) is 6.92 Å². The summed E-state index contributed by atoms with van der Waals surface area (Å²) in [6.07, 6.45) is 0. The van der Waals surface area contributed by atoms with E-state index >= 15 is 0 Å². The maximum atomic E-state index is 12.6. The Balaban J connectivity index is 3.46. The van der Waals surface area contributed by atoms with Gasteiger partial charge in [-0.15, -0.1) is 0 Å². The van der Waals surface area contributed by atoms with E-state index < -0.39 is 23.1 Å². The minimum absolute atomic E-state index is 0.00130. The van der Waals surface area contributed by atoms with Crippen LogP contribution in [0.1, 0.15) is 5.56 Å². The summed E-state index contributed by atoms with van der Waals surface area (Å²) in [5.74, 6) is -3.35. The number of benzene rings is 1. The average Bonchev–Trinajstić information content (AvgIpc) is 1.97. The highest BCUT2D eigenvalue weighted by molar-refractivity contribution is 5.44. The predicted octanol–water partition coefficient (Wildman–Crippen LogP) is 1.99. The number of nitrogens with two attached hydrogens (primary N) is 1. The van der Waals surface area contributed by atoms with Gasteiger partial charge in [0.25, 0.3) is 0 Å². The van der Waals surface area contributed by atoms with Gasteiger partial charge >= 0.3 is 0 Å². The number of hydrogen-bond donors (Lipinski definition) is 1. The second-order valence-corrected chi connectivity index (χ2v) is 2.22. The van der Waals surface area contributed by atoms with Crippen LogP contribution in [0.25, 0.3) is 0 Å². The molecular formula is C7H6F3N. The van der Waals surface area contributed by atoms with Gasteiger partial charge < -0.3 is 5.73 Å². The predicted molar refractivity (Wildman–Crippen MR) is 35.5 cm³/mol. The van der Waals surface area contributed by atoms with Crippen LogP contribution in [0.15, 0.2) is 6.07 Å². The second kappa shape index (κ2) is 2.45. The molecule has 11 heavy (non-hydrogen) atoms. The molecule has 0 heterocycles. The monoisotopic (exact) mass is 161 g/mol. The van der Waals surface area contributed by atoms with E-state index in [1.165, 1.54) is 6.92 Å². The topological polar surface area (TPSA) is 26.0 Å². The molecule has 1 nitrogen and oxygen atoms in total. The quantitative estimate of drug-likeness (QED) is 0.457. The molecule has 0 radical (unpaired) electrons. The number of halogens is 3. The van der Waals surface area contributed by atoms with Crippen LogP contribution in [0.5, 0.6) is 0 Å². The molecule has 0 aromatic heterocycles. The summed E-state index contributed by atoms with van der Waals surface area (Å²) >= 11 is 0. The molecule has 0 fully saturated rings. The molecule has 1 aromatic rings. The number of hydrogen-bond acceptors (Lipinski definition) is 1. The third-order valence-electron chi connectivity index (χ3n) is 1.37. The maximum Gasteiger partial charge on any atom is 0.184 e. The third kappa shape index (κ3) is 1.15. The average molecular weight is 161 g/mol. The standard InChI is InChI=1S/C7H6F3N/c1-3-2-4(8)6(10)7(11)5(3)9/h2H,11H2,1H3. The van der Waals surface area contributed by atoms with Crippen molar-refractivity contribution in [1.29, 1.82) is 0 Å². The molecule has 0 saturated carbocycles. The fraction of sp³-hybridized carbons (Fsp3) is 0.143. The first-order valence-corrected chi connectivity index (χ1v) is 2.93. The smallest absolute Gasteiger partial charge is 0.184 e. The molecule has 0 aliphatic heterocycles. The van der Waals surface area contributed by atoms with E-state index in [9.17, 15) is 13.2 Å². The van der Waals surface area contributed by atoms with Crippen LogP contribution < -0.4 is 5.73 Å². The zero-order valence-corrected chi connectivity index (χ0v) is 5.79. The van der Waals surface area contributed by atoms with Crippen LogP contribution >= 0.6 is 0 Å². The first-order chi connectivity index (χ1) is 5.04.